The summed E-state index contributed by atoms with van der Waals surface area (Å²) in [6, 6.07) is 51.4. The molecule has 0 radical (unpaired) electrons. The van der Waals surface area contributed by atoms with Gasteiger partial charge in [-0.3, -0.25) is 19.2 Å². The van der Waals surface area contributed by atoms with Crippen molar-refractivity contribution in [1.82, 2.24) is 39.9 Å². The summed E-state index contributed by atoms with van der Waals surface area (Å²) in [5, 5.41) is 13.3. The molecule has 25 heteroatoms. The van der Waals surface area contributed by atoms with Crippen molar-refractivity contribution in [1.29, 1.82) is 0 Å². The zero-order chi connectivity index (χ0) is 101. The number of carbonyl (C=O) groups excluding carboxylic acids is 4. The average Bonchev–Trinajstić information content (AvgIpc) is 0.746. The Morgan fingerprint density at radius 2 is 0.537 bits per heavy atom. The summed E-state index contributed by atoms with van der Waals surface area (Å²) < 4.78 is 29.3. The van der Waals surface area contributed by atoms with Gasteiger partial charge in [0.1, 0.15) is 0 Å². The minimum absolute atomic E-state index is 0.0220. The van der Waals surface area contributed by atoms with E-state index in [1.54, 1.807) is 0 Å². The molecule has 0 spiro atoms. The van der Waals surface area contributed by atoms with Crippen LogP contribution in [0.4, 0.5) is 54.8 Å². The number of hydrogen-bond acceptors (Lipinski definition) is 16. The number of nitrogens with two attached hydrogens (primary N) is 4. The Morgan fingerprint density at radius 3 is 0.792 bits per heavy atom. The van der Waals surface area contributed by atoms with Crippen molar-refractivity contribution in [2.45, 2.75) is 257 Å². The molecular formula is C124H131BrClF2IN16O4. The van der Waals surface area contributed by atoms with Gasteiger partial charge in [0, 0.05) is 58.1 Å². The smallest absolute Gasteiger partial charge is 0.229 e. The van der Waals surface area contributed by atoms with Gasteiger partial charge in [0.05, 0.1) is 94.0 Å². The molecule has 149 heavy (non-hydrogen) atoms. The third-order valence-electron chi connectivity index (χ3n) is 37.3. The summed E-state index contributed by atoms with van der Waals surface area (Å²) in [6.07, 6.45) is 43.3. The molecule has 8 aromatic carbocycles. The van der Waals surface area contributed by atoms with E-state index in [4.69, 9.17) is 74.4 Å². The Morgan fingerprint density at radius 1 is 0.302 bits per heavy atom. The first kappa shape index (κ1) is 98.2. The van der Waals surface area contributed by atoms with Crippen LogP contribution in [-0.2, 0) is 122 Å². The lowest BCUT2D eigenvalue weighted by Crippen LogP contribution is -2.47. The van der Waals surface area contributed by atoms with E-state index >= 15 is 0 Å². The van der Waals surface area contributed by atoms with Gasteiger partial charge in [0.15, 0.2) is 34.9 Å². The Hall–Kier alpha value is -11.5. The van der Waals surface area contributed by atoms with Gasteiger partial charge in [-0.1, -0.05) is 94.3 Å². The number of rotatable bonds is 20. The number of halogens is 5. The van der Waals surface area contributed by atoms with Crippen LogP contribution in [0.5, 0.6) is 0 Å². The van der Waals surface area contributed by atoms with Crippen molar-refractivity contribution in [2.75, 3.05) is 44.2 Å². The number of anilines is 8. The number of benzene rings is 8. The number of nitrogen functional groups attached to an aromatic ring is 4. The predicted octanol–water partition coefficient (Wildman–Crippen LogP) is 25.4. The van der Waals surface area contributed by atoms with E-state index in [0.717, 1.165) is 295 Å². The van der Waals surface area contributed by atoms with Gasteiger partial charge < -0.3 is 44.2 Å². The molecule has 0 aliphatic heterocycles. The van der Waals surface area contributed by atoms with Gasteiger partial charge in [-0.15, -0.1) is 0 Å². The summed E-state index contributed by atoms with van der Waals surface area (Å²) in [5.74, 6) is 10.5. The lowest BCUT2D eigenvalue weighted by Gasteiger charge is -2.57. The molecule has 0 atom stereocenters. The molecule has 20 nitrogen and oxygen atoms in total. The fourth-order valence-corrected chi connectivity index (χ4v) is 33.8. The molecule has 12 N–H and O–H groups in total. The highest BCUT2D eigenvalue weighted by atomic mass is 127. The third-order valence-corrected chi connectivity index (χ3v) is 38.8. The van der Waals surface area contributed by atoms with E-state index in [1.807, 2.05) is 109 Å². The molecule has 16 saturated carbocycles. The number of aromatic nitrogens is 8. The van der Waals surface area contributed by atoms with E-state index in [-0.39, 0.29) is 41.9 Å². The number of carbonyl (C=O) groups is 4. The highest BCUT2D eigenvalue weighted by Crippen LogP contribution is 2.66. The molecule has 12 aromatic rings. The second kappa shape index (κ2) is 40.0. The molecule has 0 unspecified atom stereocenters. The molecule has 4 aromatic heterocycles. The number of nitrogens with one attached hydrogen (secondary N) is 4. The minimum Gasteiger partial charge on any atom is -0.399 e. The van der Waals surface area contributed by atoms with Crippen molar-refractivity contribution in [3.05, 3.63) is 279 Å². The number of hydrogen-bond donors (Lipinski definition) is 8. The fraction of sp³-hybridized carbons (Fsp3) is 0.452. The zero-order valence-electron chi connectivity index (χ0n) is 84.7. The Labute approximate surface area is 898 Å². The Balaban J connectivity index is 0.000000103. The van der Waals surface area contributed by atoms with Gasteiger partial charge in [0.25, 0.3) is 0 Å². The standard InChI is InChI=1S/C31H33BrN4O.C31H33ClN4O.C31H32F2N4O.C31H33IN4O/c2*32-23-4-1-18(2-5-23)12-28(37)36-30-27(17-31-14-19-9-20(15-31)11-21(10-19)16-31)34-29-25-7-6-24(33)13-22(25)3-8-26(29)35-30;32-24-5-1-17(10-25(24)33)11-28(38)37-30-27(16-31-13-18-7-19(14-31)9-20(8-18)15-31)35-29-23-4-3-22(34)12-21(23)2-6-26(29)36-30;32-23-4-1-18(2-5-23)12-28(37)36-30-27(17-31-14-19-9-20(15-31)11-21(10-19)16-31)34-29-25-7-6-24(33)13-22(25)3-8-26(29)35-30/h2*1-2,4-7,13,19-21H,3,8-12,14-17,33H2,(H,35,36,37);1,3-5,10,12,18-20H,2,6-9,11,13-16,34H2,(H,36,37,38);1-2,4-7,13,19-21H,3,8-12,14-17,33H2,(H,35,36,37). The van der Waals surface area contributed by atoms with Gasteiger partial charge in [-0.2, -0.15) is 0 Å². The fourth-order valence-electron chi connectivity index (χ4n) is 33.0. The summed E-state index contributed by atoms with van der Waals surface area (Å²) in [6.45, 7) is 0. The van der Waals surface area contributed by atoms with E-state index in [0.29, 0.717) is 62.9 Å². The van der Waals surface area contributed by atoms with E-state index < -0.39 is 11.6 Å². The number of nitrogens with zero attached hydrogens (tertiary/aromatic N) is 8. The highest BCUT2D eigenvalue weighted by molar-refractivity contribution is 14.1. The molecule has 766 valence electrons. The van der Waals surface area contributed by atoms with Crippen molar-refractivity contribution < 1.29 is 28.0 Å². The van der Waals surface area contributed by atoms with Gasteiger partial charge in [0.2, 0.25) is 23.6 Å². The summed E-state index contributed by atoms with van der Waals surface area (Å²) >= 11 is 11.8. The van der Waals surface area contributed by atoms with Crippen LogP contribution >= 0.6 is 50.1 Å². The monoisotopic (exact) mass is 2190 g/mol. The minimum atomic E-state index is -0.953. The highest BCUT2D eigenvalue weighted by Gasteiger charge is 2.56. The lowest BCUT2D eigenvalue weighted by molar-refractivity contribution is -0.116. The van der Waals surface area contributed by atoms with Crippen molar-refractivity contribution in [2.24, 2.45) is 92.7 Å². The van der Waals surface area contributed by atoms with Crippen molar-refractivity contribution >= 4 is 120 Å². The number of amides is 4. The van der Waals surface area contributed by atoms with E-state index in [2.05, 4.69) is 96.2 Å². The van der Waals surface area contributed by atoms with Gasteiger partial charge in [-0.05, 0) is 488 Å². The van der Waals surface area contributed by atoms with E-state index in [1.165, 1.54) is 186 Å². The maximum absolute atomic E-state index is 13.7. The maximum atomic E-state index is 13.7. The maximum Gasteiger partial charge on any atom is 0.229 e. The van der Waals surface area contributed by atoms with Crippen LogP contribution in [0, 0.1) is 108 Å². The van der Waals surface area contributed by atoms with Crippen LogP contribution in [0.3, 0.4) is 0 Å². The largest absolute Gasteiger partial charge is 0.399 e. The summed E-state index contributed by atoms with van der Waals surface area (Å²) in [4.78, 5) is 94.0. The number of aryl methyl sites for hydroxylation is 8. The Kier molecular flexibility index (Phi) is 26.3. The molecule has 0 saturated heterocycles. The normalized spacial score (nSPS) is 26.9. The van der Waals surface area contributed by atoms with Crippen LogP contribution in [0.1, 0.15) is 244 Å². The lowest BCUT2D eigenvalue weighted by atomic mass is 9.48. The SMILES string of the molecule is Nc1ccc2c(c1)CCc1nc(NC(=O)Cc3ccc(Br)cc3)c(CC34CC5CC(CC(C5)C3)C4)nc1-2.Nc1ccc2c(c1)CCc1nc(NC(=O)Cc3ccc(Cl)cc3)c(CC34CC5CC(CC(C5)C3)C4)nc1-2.Nc1ccc2c(c1)CCc1nc(NC(=O)Cc3ccc(F)c(F)c3)c(CC34CC5CC(CC(C5)C3)C4)nc1-2.Nc1ccc2c(c1)CCc1nc(NC(=O)Cc3ccc(I)cc3)c(CC34CC5CC(CC(C5)C3)C4)nc1-2. The molecule has 32 rings (SSSR count). The topological polar surface area (TPSA) is 324 Å². The first-order valence-corrected chi connectivity index (χ1v) is 57.3. The molecule has 4 amide bonds. The molecule has 20 aliphatic carbocycles. The summed E-state index contributed by atoms with van der Waals surface area (Å²) in [5.41, 5.74) is 52.7. The Bertz CT molecular complexity index is 6680. The van der Waals surface area contributed by atoms with E-state index in [9.17, 15) is 28.0 Å². The predicted molar refractivity (Wildman–Crippen MR) is 595 cm³/mol. The van der Waals surface area contributed by atoms with Crippen LogP contribution in [0.2, 0.25) is 5.02 Å². The molecule has 20 aliphatic rings. The quantitative estimate of drug-likeness (QED) is 0.0260. The first-order valence-electron chi connectivity index (χ1n) is 55.1. The second-order valence-electron chi connectivity index (χ2n) is 48.8. The summed E-state index contributed by atoms with van der Waals surface area (Å²) in [7, 11) is 0. The van der Waals surface area contributed by atoms with Crippen LogP contribution in [-0.4, -0.2) is 63.5 Å². The van der Waals surface area contributed by atoms with Gasteiger partial charge in [-0.25, -0.2) is 48.7 Å². The average molecular weight is 2190 g/mol. The van der Waals surface area contributed by atoms with Crippen LogP contribution in [0.25, 0.3) is 45.0 Å². The van der Waals surface area contributed by atoms with Crippen LogP contribution in [0.15, 0.2) is 168 Å². The third kappa shape index (κ3) is 20.9. The molecule has 16 fully saturated rings. The zero-order valence-corrected chi connectivity index (χ0v) is 89.2. The molecule has 16 bridgehead atoms. The second-order valence-corrected chi connectivity index (χ2v) is 51.4. The van der Waals surface area contributed by atoms with Crippen molar-refractivity contribution in [3.63, 3.8) is 0 Å². The molecular weight excluding hydrogens is 2060 g/mol. The van der Waals surface area contributed by atoms with Crippen molar-refractivity contribution in [3.8, 4) is 45.0 Å². The number of fused-ring (bicyclic) bond motifs is 12. The van der Waals surface area contributed by atoms with Crippen LogP contribution < -0.4 is 44.2 Å². The molecule has 4 heterocycles. The van der Waals surface area contributed by atoms with Gasteiger partial charge >= 0.3 is 0 Å². The first-order chi connectivity index (χ1) is 72.1.